The second kappa shape index (κ2) is 7.82. The molecule has 1 saturated heterocycles. The first-order valence-corrected chi connectivity index (χ1v) is 9.67. The molecule has 1 aliphatic heterocycles. The number of anilines is 2. The fourth-order valence-electron chi connectivity index (χ4n) is 3.75. The number of rotatable bonds is 5. The van der Waals surface area contributed by atoms with Crippen molar-refractivity contribution in [1.29, 1.82) is 0 Å². The molecular weight excluding hydrogens is 340 g/mol. The van der Waals surface area contributed by atoms with Crippen LogP contribution < -0.4 is 15.0 Å². The summed E-state index contributed by atoms with van der Waals surface area (Å²) in [5.41, 5.74) is 2.05. The summed E-state index contributed by atoms with van der Waals surface area (Å²) < 4.78 is 5.95. The first kappa shape index (κ1) is 17.6. The van der Waals surface area contributed by atoms with Crippen LogP contribution in [-0.2, 0) is 4.79 Å². The third-order valence-electron chi connectivity index (χ3n) is 5.21. The Labute approximate surface area is 159 Å². The van der Waals surface area contributed by atoms with Gasteiger partial charge in [0.25, 0.3) is 5.91 Å². The summed E-state index contributed by atoms with van der Waals surface area (Å²) >= 11 is 0. The molecule has 0 radical (unpaired) electrons. The second-order valence-corrected chi connectivity index (χ2v) is 7.20. The van der Waals surface area contributed by atoms with E-state index >= 15 is 0 Å². The Bertz CT molecular complexity index is 826. The average molecular weight is 364 g/mol. The molecule has 0 unspecified atom stereocenters. The van der Waals surface area contributed by atoms with Gasteiger partial charge < -0.3 is 15.0 Å². The molecule has 4 rings (SSSR count). The van der Waals surface area contributed by atoms with Crippen LogP contribution in [0, 0.1) is 0 Å². The minimum Gasteiger partial charge on any atom is -0.490 e. The Morgan fingerprint density at radius 3 is 2.52 bits per heavy atom. The predicted molar refractivity (Wildman–Crippen MR) is 105 cm³/mol. The lowest BCUT2D eigenvalue weighted by atomic mass is 10.1. The average Bonchev–Trinajstić information content (AvgIpc) is 3.35. The number of benzene rings is 2. The van der Waals surface area contributed by atoms with Crippen LogP contribution in [-0.4, -0.2) is 24.5 Å². The number of hydrogen-bond acceptors (Lipinski definition) is 3. The summed E-state index contributed by atoms with van der Waals surface area (Å²) in [6.07, 6.45) is 6.47. The largest absolute Gasteiger partial charge is 0.490 e. The topological polar surface area (TPSA) is 58.6 Å². The quantitative estimate of drug-likeness (QED) is 0.856. The van der Waals surface area contributed by atoms with Crippen LogP contribution in [0.15, 0.2) is 48.5 Å². The lowest BCUT2D eigenvalue weighted by Gasteiger charge is -2.16. The van der Waals surface area contributed by atoms with E-state index in [1.54, 1.807) is 17.0 Å². The highest BCUT2D eigenvalue weighted by Gasteiger charge is 2.22. The Kier molecular flexibility index (Phi) is 5.10. The van der Waals surface area contributed by atoms with Gasteiger partial charge in [0.1, 0.15) is 5.75 Å². The van der Waals surface area contributed by atoms with E-state index in [-0.39, 0.29) is 11.8 Å². The van der Waals surface area contributed by atoms with Gasteiger partial charge in [-0.05, 0) is 74.6 Å². The van der Waals surface area contributed by atoms with Crippen molar-refractivity contribution in [3.05, 3.63) is 54.1 Å². The molecule has 0 bridgehead atoms. The summed E-state index contributed by atoms with van der Waals surface area (Å²) in [6.45, 7) is 0.715. The molecule has 140 valence electrons. The summed E-state index contributed by atoms with van der Waals surface area (Å²) in [5.74, 6) is 0.771. The van der Waals surface area contributed by atoms with Gasteiger partial charge in [0.05, 0.1) is 6.10 Å². The molecule has 2 amide bonds. The zero-order valence-corrected chi connectivity index (χ0v) is 15.3. The third-order valence-corrected chi connectivity index (χ3v) is 5.21. The van der Waals surface area contributed by atoms with E-state index in [9.17, 15) is 9.59 Å². The maximum Gasteiger partial charge on any atom is 0.255 e. The normalized spacial score (nSPS) is 17.3. The van der Waals surface area contributed by atoms with Gasteiger partial charge in [-0.25, -0.2) is 0 Å². The van der Waals surface area contributed by atoms with Gasteiger partial charge in [-0.15, -0.1) is 0 Å². The van der Waals surface area contributed by atoms with Crippen molar-refractivity contribution in [1.82, 2.24) is 0 Å². The number of nitrogens with one attached hydrogen (secondary N) is 1. The zero-order valence-electron chi connectivity index (χ0n) is 15.3. The van der Waals surface area contributed by atoms with Gasteiger partial charge in [-0.1, -0.05) is 6.07 Å². The van der Waals surface area contributed by atoms with Crippen LogP contribution >= 0.6 is 0 Å². The molecule has 2 aliphatic rings. The lowest BCUT2D eigenvalue weighted by Crippen LogP contribution is -2.24. The smallest absolute Gasteiger partial charge is 0.255 e. The minimum absolute atomic E-state index is 0.116. The molecule has 1 heterocycles. The fraction of sp³-hybridized carbons (Fsp3) is 0.364. The van der Waals surface area contributed by atoms with Crippen molar-refractivity contribution in [3.63, 3.8) is 0 Å². The van der Waals surface area contributed by atoms with E-state index in [2.05, 4.69) is 5.32 Å². The number of carbonyl (C=O) groups is 2. The minimum atomic E-state index is -0.187. The number of amides is 2. The number of nitrogens with zero attached hydrogens (tertiary/aromatic N) is 1. The first-order valence-electron chi connectivity index (χ1n) is 9.67. The van der Waals surface area contributed by atoms with Gasteiger partial charge in [0.15, 0.2) is 0 Å². The molecule has 2 fully saturated rings. The number of carbonyl (C=O) groups excluding carboxylic acids is 2. The standard InChI is InChI=1S/C22H24N2O3/c25-21-9-4-14-24(21)18-6-3-5-16(15-18)22(26)23-17-10-12-20(13-11-17)27-19-7-1-2-8-19/h3,5-6,10-13,15,19H,1-2,4,7-9,14H2,(H,23,26). The Hall–Kier alpha value is -2.82. The summed E-state index contributed by atoms with van der Waals surface area (Å²) in [4.78, 5) is 26.2. The van der Waals surface area contributed by atoms with E-state index in [0.717, 1.165) is 36.4 Å². The van der Waals surface area contributed by atoms with Gasteiger partial charge in [-0.2, -0.15) is 0 Å². The number of ether oxygens (including phenoxy) is 1. The van der Waals surface area contributed by atoms with Crippen molar-refractivity contribution in [2.45, 2.75) is 44.6 Å². The van der Waals surface area contributed by atoms with Gasteiger partial charge in [0.2, 0.25) is 5.91 Å². The van der Waals surface area contributed by atoms with E-state index < -0.39 is 0 Å². The van der Waals surface area contributed by atoms with Crippen molar-refractivity contribution < 1.29 is 14.3 Å². The molecular formula is C22H24N2O3. The maximum atomic E-state index is 12.6. The highest BCUT2D eigenvalue weighted by Crippen LogP contribution is 2.26. The molecule has 5 heteroatoms. The Morgan fingerprint density at radius 2 is 1.81 bits per heavy atom. The Balaban J connectivity index is 1.40. The number of hydrogen-bond donors (Lipinski definition) is 1. The predicted octanol–water partition coefficient (Wildman–Crippen LogP) is 4.39. The molecule has 2 aromatic carbocycles. The molecule has 1 aliphatic carbocycles. The van der Waals surface area contributed by atoms with Crippen LogP contribution in [0.4, 0.5) is 11.4 Å². The van der Waals surface area contributed by atoms with E-state index in [1.807, 2.05) is 36.4 Å². The Morgan fingerprint density at radius 1 is 1.04 bits per heavy atom. The summed E-state index contributed by atoms with van der Waals surface area (Å²) in [6, 6.07) is 14.7. The van der Waals surface area contributed by atoms with E-state index in [0.29, 0.717) is 24.6 Å². The summed E-state index contributed by atoms with van der Waals surface area (Å²) in [5, 5.41) is 2.91. The highest BCUT2D eigenvalue weighted by atomic mass is 16.5. The van der Waals surface area contributed by atoms with Crippen molar-refractivity contribution >= 4 is 23.2 Å². The van der Waals surface area contributed by atoms with Crippen LogP contribution in [0.2, 0.25) is 0 Å². The second-order valence-electron chi connectivity index (χ2n) is 7.20. The molecule has 5 nitrogen and oxygen atoms in total. The molecule has 27 heavy (non-hydrogen) atoms. The summed E-state index contributed by atoms with van der Waals surface area (Å²) in [7, 11) is 0. The lowest BCUT2D eigenvalue weighted by molar-refractivity contribution is -0.117. The first-order chi connectivity index (χ1) is 13.2. The molecule has 1 N–H and O–H groups in total. The molecule has 0 aromatic heterocycles. The van der Waals surface area contributed by atoms with Crippen LogP contribution in [0.3, 0.4) is 0 Å². The van der Waals surface area contributed by atoms with Crippen LogP contribution in [0.1, 0.15) is 48.9 Å². The molecule has 0 spiro atoms. The zero-order chi connectivity index (χ0) is 18.6. The monoisotopic (exact) mass is 364 g/mol. The van der Waals surface area contributed by atoms with Gasteiger partial charge in [0, 0.05) is 29.9 Å². The molecule has 2 aromatic rings. The third kappa shape index (κ3) is 4.13. The van der Waals surface area contributed by atoms with Crippen LogP contribution in [0.5, 0.6) is 5.75 Å². The van der Waals surface area contributed by atoms with Gasteiger partial charge in [-0.3, -0.25) is 9.59 Å². The van der Waals surface area contributed by atoms with E-state index in [4.69, 9.17) is 4.74 Å². The SMILES string of the molecule is O=C(Nc1ccc(OC2CCCC2)cc1)c1cccc(N2CCCC2=O)c1. The van der Waals surface area contributed by atoms with Crippen molar-refractivity contribution in [3.8, 4) is 5.75 Å². The van der Waals surface area contributed by atoms with Crippen molar-refractivity contribution in [2.75, 3.05) is 16.8 Å². The maximum absolute atomic E-state index is 12.6. The molecule has 1 saturated carbocycles. The highest BCUT2D eigenvalue weighted by molar-refractivity contribution is 6.05. The van der Waals surface area contributed by atoms with Crippen LogP contribution in [0.25, 0.3) is 0 Å². The van der Waals surface area contributed by atoms with E-state index in [1.165, 1.54) is 12.8 Å². The fourth-order valence-corrected chi connectivity index (χ4v) is 3.75. The van der Waals surface area contributed by atoms with Crippen molar-refractivity contribution in [2.24, 2.45) is 0 Å². The van der Waals surface area contributed by atoms with Gasteiger partial charge >= 0.3 is 0 Å². The molecule has 0 atom stereocenters.